The second-order valence-corrected chi connectivity index (χ2v) is 9.33. The molecule has 0 spiro atoms. The van der Waals surface area contributed by atoms with E-state index in [-0.39, 0.29) is 23.7 Å². The Morgan fingerprint density at radius 2 is 1.52 bits per heavy atom. The standard InChI is InChI=1S/C21H26O5S/c1-21(2,3)26-20(22)16-25-19(17-10-6-4-7-11-17)14-15-27(23,24)18-12-8-5-9-13-18/h4-13,19H,14-16H2,1-3H3. The number of hydrogen-bond donors (Lipinski definition) is 0. The zero-order chi connectivity index (χ0) is 19.9. The number of carbonyl (C=O) groups is 1. The maximum Gasteiger partial charge on any atom is 0.332 e. The van der Waals surface area contributed by atoms with Crippen molar-refractivity contribution < 1.29 is 22.7 Å². The molecule has 27 heavy (non-hydrogen) atoms. The van der Waals surface area contributed by atoms with E-state index in [4.69, 9.17) is 9.47 Å². The molecule has 1 atom stereocenters. The first-order chi connectivity index (χ1) is 12.7. The number of rotatable bonds is 8. The van der Waals surface area contributed by atoms with Crippen molar-refractivity contribution in [3.63, 3.8) is 0 Å². The molecule has 146 valence electrons. The van der Waals surface area contributed by atoms with E-state index in [1.54, 1.807) is 51.1 Å². The summed E-state index contributed by atoms with van der Waals surface area (Å²) in [5, 5.41) is 0. The van der Waals surface area contributed by atoms with Gasteiger partial charge in [0.05, 0.1) is 16.8 Å². The van der Waals surface area contributed by atoms with Gasteiger partial charge in [-0.3, -0.25) is 0 Å². The Hall–Kier alpha value is -2.18. The van der Waals surface area contributed by atoms with Crippen molar-refractivity contribution in [2.75, 3.05) is 12.4 Å². The molecule has 5 nitrogen and oxygen atoms in total. The maximum absolute atomic E-state index is 12.5. The number of ether oxygens (including phenoxy) is 2. The third kappa shape index (κ3) is 7.15. The maximum atomic E-state index is 12.5. The number of hydrogen-bond acceptors (Lipinski definition) is 5. The van der Waals surface area contributed by atoms with Gasteiger partial charge in [0.1, 0.15) is 12.2 Å². The molecule has 0 aliphatic heterocycles. The summed E-state index contributed by atoms with van der Waals surface area (Å²) in [6.07, 6.45) is -0.276. The summed E-state index contributed by atoms with van der Waals surface area (Å²) in [4.78, 5) is 12.2. The lowest BCUT2D eigenvalue weighted by Crippen LogP contribution is -2.27. The first-order valence-corrected chi connectivity index (χ1v) is 10.5. The number of benzene rings is 2. The van der Waals surface area contributed by atoms with Gasteiger partial charge in [-0.2, -0.15) is 0 Å². The Morgan fingerprint density at radius 1 is 0.963 bits per heavy atom. The highest BCUT2D eigenvalue weighted by molar-refractivity contribution is 7.91. The van der Waals surface area contributed by atoms with Crippen LogP contribution in [0.15, 0.2) is 65.6 Å². The molecular weight excluding hydrogens is 364 g/mol. The lowest BCUT2D eigenvalue weighted by atomic mass is 10.1. The molecule has 0 heterocycles. The summed E-state index contributed by atoms with van der Waals surface area (Å²) in [6.45, 7) is 5.12. The Kier molecular flexibility index (Phi) is 7.16. The highest BCUT2D eigenvalue weighted by Gasteiger charge is 2.22. The van der Waals surface area contributed by atoms with Crippen molar-refractivity contribution in [1.82, 2.24) is 0 Å². The number of sulfone groups is 1. The van der Waals surface area contributed by atoms with Crippen LogP contribution in [-0.2, 0) is 24.1 Å². The molecule has 0 aliphatic carbocycles. The largest absolute Gasteiger partial charge is 0.458 e. The molecule has 0 radical (unpaired) electrons. The van der Waals surface area contributed by atoms with Gasteiger partial charge in [-0.05, 0) is 44.9 Å². The van der Waals surface area contributed by atoms with Crippen molar-refractivity contribution in [1.29, 1.82) is 0 Å². The zero-order valence-electron chi connectivity index (χ0n) is 15.9. The van der Waals surface area contributed by atoms with E-state index in [0.29, 0.717) is 0 Å². The van der Waals surface area contributed by atoms with Crippen LogP contribution < -0.4 is 0 Å². The molecule has 2 aromatic carbocycles. The van der Waals surface area contributed by atoms with Gasteiger partial charge in [0.15, 0.2) is 9.84 Å². The smallest absolute Gasteiger partial charge is 0.332 e. The van der Waals surface area contributed by atoms with Gasteiger partial charge in [-0.1, -0.05) is 48.5 Å². The van der Waals surface area contributed by atoms with E-state index in [1.165, 1.54) is 0 Å². The minimum atomic E-state index is -3.43. The van der Waals surface area contributed by atoms with Crippen LogP contribution in [0.2, 0.25) is 0 Å². The van der Waals surface area contributed by atoms with Crippen LogP contribution in [0.3, 0.4) is 0 Å². The van der Waals surface area contributed by atoms with Gasteiger partial charge in [0.25, 0.3) is 0 Å². The summed E-state index contributed by atoms with van der Waals surface area (Å²) < 4.78 is 36.1. The van der Waals surface area contributed by atoms with Crippen LogP contribution in [-0.4, -0.2) is 32.3 Å². The van der Waals surface area contributed by atoms with Crippen LogP contribution in [0.5, 0.6) is 0 Å². The fourth-order valence-electron chi connectivity index (χ4n) is 2.56. The molecule has 0 amide bonds. The molecule has 2 aromatic rings. The van der Waals surface area contributed by atoms with Gasteiger partial charge >= 0.3 is 5.97 Å². The second-order valence-electron chi connectivity index (χ2n) is 7.22. The van der Waals surface area contributed by atoms with E-state index in [1.807, 2.05) is 30.3 Å². The summed E-state index contributed by atoms with van der Waals surface area (Å²) in [6, 6.07) is 17.6. The highest BCUT2D eigenvalue weighted by atomic mass is 32.2. The minimum absolute atomic E-state index is 0.0785. The quantitative estimate of drug-likeness (QED) is 0.638. The van der Waals surface area contributed by atoms with Crippen LogP contribution in [0, 0.1) is 0 Å². The second kappa shape index (κ2) is 9.15. The average Bonchev–Trinajstić information content (AvgIpc) is 2.62. The number of carbonyl (C=O) groups excluding carboxylic acids is 1. The third-order valence-electron chi connectivity index (χ3n) is 3.74. The molecule has 6 heteroatoms. The lowest BCUT2D eigenvalue weighted by Gasteiger charge is -2.22. The molecule has 0 aliphatic rings. The molecule has 0 N–H and O–H groups in total. The SMILES string of the molecule is CC(C)(C)OC(=O)COC(CCS(=O)(=O)c1ccccc1)c1ccccc1. The summed E-state index contributed by atoms with van der Waals surface area (Å²) in [5.41, 5.74) is 0.226. The highest BCUT2D eigenvalue weighted by Crippen LogP contribution is 2.24. The molecule has 1 unspecified atom stereocenters. The summed E-state index contributed by atoms with van der Waals surface area (Å²) in [7, 11) is -3.43. The third-order valence-corrected chi connectivity index (χ3v) is 5.51. The van der Waals surface area contributed by atoms with E-state index in [9.17, 15) is 13.2 Å². The molecular formula is C21H26O5S. The van der Waals surface area contributed by atoms with E-state index < -0.39 is 27.5 Å². The molecule has 2 rings (SSSR count). The van der Waals surface area contributed by atoms with E-state index in [2.05, 4.69) is 0 Å². The van der Waals surface area contributed by atoms with Crippen molar-refractivity contribution in [2.24, 2.45) is 0 Å². The minimum Gasteiger partial charge on any atom is -0.458 e. The first-order valence-electron chi connectivity index (χ1n) is 8.83. The van der Waals surface area contributed by atoms with Crippen molar-refractivity contribution in [3.05, 3.63) is 66.2 Å². The monoisotopic (exact) mass is 390 g/mol. The Morgan fingerprint density at radius 3 is 2.07 bits per heavy atom. The van der Waals surface area contributed by atoms with Crippen molar-refractivity contribution >= 4 is 15.8 Å². The molecule has 0 bridgehead atoms. The van der Waals surface area contributed by atoms with Crippen molar-refractivity contribution in [3.8, 4) is 0 Å². The molecule has 0 aromatic heterocycles. The fraction of sp³-hybridized carbons (Fsp3) is 0.381. The number of esters is 1. The van der Waals surface area contributed by atoms with Crippen LogP contribution in [0.4, 0.5) is 0 Å². The van der Waals surface area contributed by atoms with E-state index >= 15 is 0 Å². The normalized spacial score (nSPS) is 13.1. The fourth-order valence-corrected chi connectivity index (χ4v) is 3.89. The Balaban J connectivity index is 2.06. The first kappa shape index (κ1) is 21.1. The van der Waals surface area contributed by atoms with E-state index in [0.717, 1.165) is 5.56 Å². The molecule has 0 fully saturated rings. The van der Waals surface area contributed by atoms with Gasteiger partial charge < -0.3 is 9.47 Å². The molecule has 0 saturated heterocycles. The van der Waals surface area contributed by atoms with Gasteiger partial charge in [-0.25, -0.2) is 13.2 Å². The summed E-state index contributed by atoms with van der Waals surface area (Å²) >= 11 is 0. The zero-order valence-corrected chi connectivity index (χ0v) is 16.7. The van der Waals surface area contributed by atoms with Crippen LogP contribution in [0.1, 0.15) is 38.9 Å². The van der Waals surface area contributed by atoms with Crippen LogP contribution >= 0.6 is 0 Å². The van der Waals surface area contributed by atoms with Gasteiger partial charge in [0.2, 0.25) is 0 Å². The van der Waals surface area contributed by atoms with Gasteiger partial charge in [-0.15, -0.1) is 0 Å². The predicted octanol–water partition coefficient (Wildman–Crippen LogP) is 3.95. The Labute approximate surface area is 161 Å². The topological polar surface area (TPSA) is 69.7 Å². The lowest BCUT2D eigenvalue weighted by molar-refractivity contribution is -0.162. The Bertz CT molecular complexity index is 824. The van der Waals surface area contributed by atoms with Crippen molar-refractivity contribution in [2.45, 2.75) is 43.8 Å². The van der Waals surface area contributed by atoms with Gasteiger partial charge in [0, 0.05) is 0 Å². The average molecular weight is 391 g/mol. The predicted molar refractivity (Wildman–Crippen MR) is 104 cm³/mol. The van der Waals surface area contributed by atoms with Crippen LogP contribution in [0.25, 0.3) is 0 Å². The summed E-state index contributed by atoms with van der Waals surface area (Å²) in [5.74, 6) is -0.556. The molecule has 0 saturated carbocycles.